The third kappa shape index (κ3) is 4.45. The zero-order valence-electron chi connectivity index (χ0n) is 14.0. The molecule has 1 aromatic heterocycles. The highest BCUT2D eigenvalue weighted by Crippen LogP contribution is 2.21. The Labute approximate surface area is 141 Å². The number of rotatable bonds is 8. The summed E-state index contributed by atoms with van der Waals surface area (Å²) in [5.41, 5.74) is 0.994. The first kappa shape index (κ1) is 17.7. The lowest BCUT2D eigenvalue weighted by Gasteiger charge is -2.19. The third-order valence-electron chi connectivity index (χ3n) is 3.56. The molecule has 2 N–H and O–H groups in total. The van der Waals surface area contributed by atoms with E-state index in [1.165, 1.54) is 11.2 Å². The van der Waals surface area contributed by atoms with Gasteiger partial charge in [-0.05, 0) is 37.2 Å². The molecule has 6 nitrogen and oxygen atoms in total. The van der Waals surface area contributed by atoms with Crippen LogP contribution in [0.25, 0.3) is 0 Å². The second kappa shape index (κ2) is 8.88. The highest BCUT2D eigenvalue weighted by molar-refractivity contribution is 6.09. The molecule has 0 aliphatic rings. The molecule has 0 bridgehead atoms. The lowest BCUT2D eigenvalue weighted by Crippen LogP contribution is -2.34. The average Bonchev–Trinajstić information content (AvgIpc) is 3.14. The summed E-state index contributed by atoms with van der Waals surface area (Å²) in [7, 11) is 1.62. The maximum Gasteiger partial charge on any atom is 0.293 e. The van der Waals surface area contributed by atoms with Crippen LogP contribution < -0.4 is 15.5 Å². The van der Waals surface area contributed by atoms with Gasteiger partial charge in [-0.2, -0.15) is 0 Å². The van der Waals surface area contributed by atoms with Crippen molar-refractivity contribution in [2.45, 2.75) is 13.3 Å². The molecule has 1 heterocycles. The van der Waals surface area contributed by atoms with Gasteiger partial charge in [0, 0.05) is 20.1 Å². The monoisotopic (exact) mass is 329 g/mol. The molecule has 128 valence electrons. The number of nitrogens with one attached hydrogen (secondary N) is 2. The highest BCUT2D eigenvalue weighted by atomic mass is 16.3. The first-order valence-electron chi connectivity index (χ1n) is 8.04. The number of carbonyl (C=O) groups excluding carboxylic acids is 2. The summed E-state index contributed by atoms with van der Waals surface area (Å²) < 4.78 is 5.14. The number of nitrogens with zero attached hydrogens (tertiary/aromatic N) is 1. The Kier molecular flexibility index (Phi) is 6.57. The number of carbonyl (C=O) groups is 2. The van der Waals surface area contributed by atoms with Crippen molar-refractivity contribution in [3.63, 3.8) is 0 Å². The summed E-state index contributed by atoms with van der Waals surface area (Å²) in [5.74, 6) is -0.274. The van der Waals surface area contributed by atoms with E-state index < -0.39 is 0 Å². The Morgan fingerprint density at radius 3 is 2.58 bits per heavy atom. The number of furan rings is 1. The number of amides is 2. The van der Waals surface area contributed by atoms with Crippen LogP contribution in [0.5, 0.6) is 0 Å². The largest absolute Gasteiger partial charge is 0.459 e. The van der Waals surface area contributed by atoms with Crippen molar-refractivity contribution < 1.29 is 14.0 Å². The number of para-hydroxylation sites is 1. The van der Waals surface area contributed by atoms with Gasteiger partial charge in [-0.1, -0.05) is 19.1 Å². The van der Waals surface area contributed by atoms with Crippen LogP contribution in [0.1, 0.15) is 34.3 Å². The Morgan fingerprint density at radius 1 is 1.08 bits per heavy atom. The molecule has 0 radical (unpaired) electrons. The zero-order chi connectivity index (χ0) is 17.4. The van der Waals surface area contributed by atoms with Crippen molar-refractivity contribution in [2.75, 3.05) is 31.6 Å². The van der Waals surface area contributed by atoms with Crippen LogP contribution in [0.2, 0.25) is 0 Å². The number of hydrogen-bond donors (Lipinski definition) is 2. The summed E-state index contributed by atoms with van der Waals surface area (Å²) in [6, 6.07) is 10.3. The van der Waals surface area contributed by atoms with Gasteiger partial charge in [-0.3, -0.25) is 9.59 Å². The number of benzene rings is 1. The lowest BCUT2D eigenvalue weighted by atomic mass is 10.1. The predicted octanol–water partition coefficient (Wildman–Crippen LogP) is 2.29. The third-order valence-corrected chi connectivity index (χ3v) is 3.56. The van der Waals surface area contributed by atoms with Crippen LogP contribution in [-0.4, -0.2) is 38.5 Å². The van der Waals surface area contributed by atoms with Crippen molar-refractivity contribution in [2.24, 2.45) is 0 Å². The van der Waals surface area contributed by atoms with Crippen LogP contribution in [0.15, 0.2) is 47.1 Å². The van der Waals surface area contributed by atoms with Crippen LogP contribution >= 0.6 is 0 Å². The van der Waals surface area contributed by atoms with Crippen molar-refractivity contribution in [1.82, 2.24) is 10.6 Å². The molecule has 0 fully saturated rings. The van der Waals surface area contributed by atoms with Crippen molar-refractivity contribution in [1.29, 1.82) is 0 Å². The molecule has 0 unspecified atom stereocenters. The number of anilines is 1. The molecule has 6 heteroatoms. The normalized spacial score (nSPS) is 10.4. The van der Waals surface area contributed by atoms with Gasteiger partial charge >= 0.3 is 0 Å². The molecule has 0 aliphatic carbocycles. The minimum absolute atomic E-state index is 0.206. The molecule has 0 spiro atoms. The Balaban J connectivity index is 2.06. The SMILES string of the molecule is CCCNCCNC(=O)c1ccccc1N(C)C(=O)c1ccco1. The van der Waals surface area contributed by atoms with Gasteiger partial charge in [0.2, 0.25) is 0 Å². The molecular weight excluding hydrogens is 306 g/mol. The van der Waals surface area contributed by atoms with E-state index >= 15 is 0 Å². The molecule has 2 rings (SSSR count). The summed E-state index contributed by atoms with van der Waals surface area (Å²) >= 11 is 0. The molecule has 24 heavy (non-hydrogen) atoms. The molecular formula is C18H23N3O3. The van der Waals surface area contributed by atoms with E-state index in [-0.39, 0.29) is 17.6 Å². The van der Waals surface area contributed by atoms with Gasteiger partial charge < -0.3 is 20.0 Å². The van der Waals surface area contributed by atoms with Gasteiger partial charge in [-0.25, -0.2) is 0 Å². The van der Waals surface area contributed by atoms with Crippen LogP contribution in [0, 0.1) is 0 Å². The first-order valence-corrected chi connectivity index (χ1v) is 8.04. The summed E-state index contributed by atoms with van der Waals surface area (Å²) in [4.78, 5) is 26.2. The Hall–Kier alpha value is -2.60. The van der Waals surface area contributed by atoms with Gasteiger partial charge in [0.1, 0.15) is 0 Å². The minimum Gasteiger partial charge on any atom is -0.459 e. The smallest absolute Gasteiger partial charge is 0.293 e. The van der Waals surface area contributed by atoms with Crippen LogP contribution in [0.3, 0.4) is 0 Å². The zero-order valence-corrected chi connectivity index (χ0v) is 14.0. The lowest BCUT2D eigenvalue weighted by molar-refractivity contribution is 0.0954. The van der Waals surface area contributed by atoms with E-state index in [1.54, 1.807) is 43.4 Å². The van der Waals surface area contributed by atoms with E-state index in [1.807, 2.05) is 0 Å². The molecule has 1 aromatic carbocycles. The van der Waals surface area contributed by atoms with Crippen LogP contribution in [-0.2, 0) is 0 Å². The average molecular weight is 329 g/mol. The van der Waals surface area contributed by atoms with E-state index in [9.17, 15) is 9.59 Å². The summed E-state index contributed by atoms with van der Waals surface area (Å²) in [6.45, 7) is 4.26. The fourth-order valence-electron chi connectivity index (χ4n) is 2.29. The molecule has 2 amide bonds. The van der Waals surface area contributed by atoms with Crippen molar-refractivity contribution in [3.8, 4) is 0 Å². The summed E-state index contributed by atoms with van der Waals surface area (Å²) in [5, 5.41) is 6.09. The highest BCUT2D eigenvalue weighted by Gasteiger charge is 2.20. The minimum atomic E-state index is -0.301. The maximum absolute atomic E-state index is 12.4. The number of hydrogen-bond acceptors (Lipinski definition) is 4. The van der Waals surface area contributed by atoms with E-state index in [4.69, 9.17) is 4.42 Å². The van der Waals surface area contributed by atoms with Crippen molar-refractivity contribution >= 4 is 17.5 Å². The topological polar surface area (TPSA) is 74.6 Å². The second-order valence-electron chi connectivity index (χ2n) is 5.36. The molecule has 0 aliphatic heterocycles. The molecule has 0 saturated heterocycles. The molecule has 2 aromatic rings. The second-order valence-corrected chi connectivity index (χ2v) is 5.36. The Bertz CT molecular complexity index is 668. The van der Waals surface area contributed by atoms with Gasteiger partial charge in [0.05, 0.1) is 17.5 Å². The van der Waals surface area contributed by atoms with Crippen LogP contribution in [0.4, 0.5) is 5.69 Å². The van der Waals surface area contributed by atoms with Gasteiger partial charge in [0.15, 0.2) is 5.76 Å². The predicted molar refractivity (Wildman–Crippen MR) is 93.4 cm³/mol. The van der Waals surface area contributed by atoms with Gasteiger partial charge in [0.25, 0.3) is 11.8 Å². The fourth-order valence-corrected chi connectivity index (χ4v) is 2.29. The Morgan fingerprint density at radius 2 is 1.88 bits per heavy atom. The quantitative estimate of drug-likeness (QED) is 0.729. The molecule has 0 atom stereocenters. The van der Waals surface area contributed by atoms with E-state index in [0.717, 1.165) is 13.0 Å². The molecule has 0 saturated carbocycles. The fraction of sp³-hybridized carbons (Fsp3) is 0.333. The maximum atomic E-state index is 12.4. The van der Waals surface area contributed by atoms with E-state index in [0.29, 0.717) is 24.3 Å². The van der Waals surface area contributed by atoms with Crippen molar-refractivity contribution in [3.05, 3.63) is 54.0 Å². The first-order chi connectivity index (χ1) is 11.6. The summed E-state index contributed by atoms with van der Waals surface area (Å²) in [6.07, 6.45) is 2.50. The van der Waals surface area contributed by atoms with Gasteiger partial charge in [-0.15, -0.1) is 0 Å². The van der Waals surface area contributed by atoms with E-state index in [2.05, 4.69) is 17.6 Å². The standard InChI is InChI=1S/C18H23N3O3/c1-3-10-19-11-12-20-17(22)14-7-4-5-8-15(14)21(2)18(23)16-9-6-13-24-16/h4-9,13,19H,3,10-12H2,1-2H3,(H,20,22).